The second kappa shape index (κ2) is 5.90. The van der Waals surface area contributed by atoms with E-state index in [1.165, 1.54) is 12.1 Å². The van der Waals surface area contributed by atoms with Crippen LogP contribution in [0.2, 0.25) is 10.0 Å². The summed E-state index contributed by atoms with van der Waals surface area (Å²) in [5.41, 5.74) is 0.750. The second-order valence-corrected chi connectivity index (χ2v) is 5.40. The highest BCUT2D eigenvalue weighted by Gasteiger charge is 2.12. The summed E-state index contributed by atoms with van der Waals surface area (Å²) in [5, 5.41) is 3.26. The third-order valence-corrected chi connectivity index (χ3v) is 3.56. The number of carbonyl (C=O) groups excluding carboxylic acids is 1. The summed E-state index contributed by atoms with van der Waals surface area (Å²) in [6.45, 7) is 0. The van der Waals surface area contributed by atoms with E-state index < -0.39 is 5.82 Å². The third-order valence-electron chi connectivity index (χ3n) is 2.36. The molecule has 2 rings (SSSR count). The number of rotatable bonds is 2. The molecule has 19 heavy (non-hydrogen) atoms. The molecule has 2 nitrogen and oxygen atoms in total. The Morgan fingerprint density at radius 2 is 1.89 bits per heavy atom. The fourth-order valence-electron chi connectivity index (χ4n) is 1.45. The molecule has 0 aliphatic heterocycles. The largest absolute Gasteiger partial charge is 0.321 e. The summed E-state index contributed by atoms with van der Waals surface area (Å²) in [5.74, 6) is -0.826. The molecule has 0 bridgehead atoms. The molecular weight excluding hydrogens is 356 g/mol. The quantitative estimate of drug-likeness (QED) is 0.786. The number of nitrogens with one attached hydrogen (secondary N) is 1. The molecular formula is C13H7BrCl2FNO. The molecule has 1 amide bonds. The Labute approximate surface area is 127 Å². The first-order valence-electron chi connectivity index (χ1n) is 5.19. The Kier molecular flexibility index (Phi) is 4.45. The van der Waals surface area contributed by atoms with Crippen LogP contribution in [0.1, 0.15) is 10.4 Å². The van der Waals surface area contributed by atoms with Crippen molar-refractivity contribution in [3.05, 3.63) is 62.3 Å². The van der Waals surface area contributed by atoms with Crippen molar-refractivity contribution in [3.63, 3.8) is 0 Å². The van der Waals surface area contributed by atoms with Gasteiger partial charge in [-0.3, -0.25) is 4.79 Å². The van der Waals surface area contributed by atoms with Gasteiger partial charge in [0, 0.05) is 9.50 Å². The summed E-state index contributed by atoms with van der Waals surface area (Å²) >= 11 is 14.9. The molecule has 98 valence electrons. The number of carbonyl (C=O) groups is 1. The average molecular weight is 363 g/mol. The number of hydrogen-bond acceptors (Lipinski definition) is 1. The molecule has 0 atom stereocenters. The maximum Gasteiger partial charge on any atom is 0.256 e. The van der Waals surface area contributed by atoms with Crippen molar-refractivity contribution in [2.45, 2.75) is 0 Å². The van der Waals surface area contributed by atoms with E-state index in [2.05, 4.69) is 21.2 Å². The highest BCUT2D eigenvalue weighted by atomic mass is 79.9. The van der Waals surface area contributed by atoms with Crippen molar-refractivity contribution in [2.24, 2.45) is 0 Å². The van der Waals surface area contributed by atoms with Gasteiger partial charge >= 0.3 is 0 Å². The monoisotopic (exact) mass is 361 g/mol. The Bertz CT molecular complexity index is 649. The Morgan fingerprint density at radius 1 is 1.16 bits per heavy atom. The first kappa shape index (κ1) is 14.3. The summed E-state index contributed by atoms with van der Waals surface area (Å²) in [7, 11) is 0. The van der Waals surface area contributed by atoms with Crippen LogP contribution in [-0.2, 0) is 0 Å². The van der Waals surface area contributed by atoms with Crippen LogP contribution in [0.5, 0.6) is 0 Å². The zero-order valence-corrected chi connectivity index (χ0v) is 12.5. The van der Waals surface area contributed by atoms with Gasteiger partial charge in [-0.15, -0.1) is 0 Å². The summed E-state index contributed by atoms with van der Waals surface area (Å²) in [4.78, 5) is 12.0. The van der Waals surface area contributed by atoms with Gasteiger partial charge in [0.1, 0.15) is 5.82 Å². The zero-order chi connectivity index (χ0) is 14.0. The predicted octanol–water partition coefficient (Wildman–Crippen LogP) is 5.15. The lowest BCUT2D eigenvalue weighted by atomic mass is 10.2. The molecule has 0 radical (unpaired) electrons. The number of amides is 1. The lowest BCUT2D eigenvalue weighted by Crippen LogP contribution is -2.12. The highest BCUT2D eigenvalue weighted by molar-refractivity contribution is 9.10. The maximum atomic E-state index is 12.9. The van der Waals surface area contributed by atoms with Crippen LogP contribution in [0, 0.1) is 5.82 Å². The molecule has 0 fully saturated rings. The SMILES string of the molecule is O=C(Nc1ccc(F)cc1Cl)c1ccc(Cl)cc1Br. The van der Waals surface area contributed by atoms with Gasteiger partial charge in [-0.2, -0.15) is 0 Å². The van der Waals surface area contributed by atoms with E-state index in [-0.39, 0.29) is 10.9 Å². The smallest absolute Gasteiger partial charge is 0.256 e. The summed E-state index contributed by atoms with van der Waals surface area (Å²) in [6.07, 6.45) is 0. The van der Waals surface area contributed by atoms with Crippen LogP contribution in [0.25, 0.3) is 0 Å². The van der Waals surface area contributed by atoms with E-state index in [1.54, 1.807) is 18.2 Å². The Hall–Kier alpha value is -1.10. The minimum absolute atomic E-state index is 0.137. The number of benzene rings is 2. The standard InChI is InChI=1S/C13H7BrCl2FNO/c14-10-5-7(15)1-3-9(10)13(19)18-12-4-2-8(17)6-11(12)16/h1-6H,(H,18,19). The fraction of sp³-hybridized carbons (Fsp3) is 0. The zero-order valence-electron chi connectivity index (χ0n) is 9.38. The molecule has 0 aliphatic rings. The molecule has 0 heterocycles. The van der Waals surface area contributed by atoms with E-state index in [0.717, 1.165) is 6.07 Å². The lowest BCUT2D eigenvalue weighted by Gasteiger charge is -2.08. The normalized spacial score (nSPS) is 10.3. The van der Waals surface area contributed by atoms with Crippen molar-refractivity contribution < 1.29 is 9.18 Å². The molecule has 2 aromatic carbocycles. The summed E-state index contributed by atoms with van der Waals surface area (Å²) < 4.78 is 13.5. The van der Waals surface area contributed by atoms with Gasteiger partial charge < -0.3 is 5.32 Å². The predicted molar refractivity (Wildman–Crippen MR) is 78.5 cm³/mol. The van der Waals surface area contributed by atoms with E-state index in [0.29, 0.717) is 20.7 Å². The minimum atomic E-state index is -0.462. The maximum absolute atomic E-state index is 12.9. The number of halogens is 4. The Balaban J connectivity index is 2.25. The van der Waals surface area contributed by atoms with Gasteiger partial charge in [0.25, 0.3) is 5.91 Å². The number of anilines is 1. The highest BCUT2D eigenvalue weighted by Crippen LogP contribution is 2.26. The first-order chi connectivity index (χ1) is 8.97. The van der Waals surface area contributed by atoms with Crippen LogP contribution < -0.4 is 5.32 Å². The van der Waals surface area contributed by atoms with Gasteiger partial charge in [0.15, 0.2) is 0 Å². The van der Waals surface area contributed by atoms with Crippen LogP contribution in [0.15, 0.2) is 40.9 Å². The molecule has 0 saturated carbocycles. The van der Waals surface area contributed by atoms with Crippen LogP contribution in [0.4, 0.5) is 10.1 Å². The molecule has 2 aromatic rings. The van der Waals surface area contributed by atoms with Gasteiger partial charge in [0.05, 0.1) is 16.3 Å². The van der Waals surface area contributed by atoms with E-state index >= 15 is 0 Å². The molecule has 0 aromatic heterocycles. The van der Waals surface area contributed by atoms with Crippen molar-refractivity contribution >= 4 is 50.7 Å². The molecule has 0 aliphatic carbocycles. The fourth-order valence-corrected chi connectivity index (χ4v) is 2.53. The first-order valence-corrected chi connectivity index (χ1v) is 6.74. The molecule has 0 saturated heterocycles. The number of hydrogen-bond donors (Lipinski definition) is 1. The molecule has 1 N–H and O–H groups in total. The minimum Gasteiger partial charge on any atom is -0.321 e. The molecule has 0 unspecified atom stereocenters. The van der Waals surface area contributed by atoms with Gasteiger partial charge in [0.2, 0.25) is 0 Å². The molecule has 0 spiro atoms. The van der Waals surface area contributed by atoms with Gasteiger partial charge in [-0.25, -0.2) is 4.39 Å². The van der Waals surface area contributed by atoms with Crippen molar-refractivity contribution in [2.75, 3.05) is 5.32 Å². The van der Waals surface area contributed by atoms with E-state index in [1.807, 2.05) is 0 Å². The van der Waals surface area contributed by atoms with Crippen LogP contribution in [-0.4, -0.2) is 5.91 Å². The lowest BCUT2D eigenvalue weighted by molar-refractivity contribution is 0.102. The molecule has 6 heteroatoms. The third kappa shape index (κ3) is 3.47. The van der Waals surface area contributed by atoms with Crippen molar-refractivity contribution in [1.29, 1.82) is 0 Å². The van der Waals surface area contributed by atoms with Crippen molar-refractivity contribution in [1.82, 2.24) is 0 Å². The van der Waals surface area contributed by atoms with E-state index in [4.69, 9.17) is 23.2 Å². The van der Waals surface area contributed by atoms with E-state index in [9.17, 15) is 9.18 Å². The Morgan fingerprint density at radius 3 is 2.53 bits per heavy atom. The topological polar surface area (TPSA) is 29.1 Å². The van der Waals surface area contributed by atoms with Gasteiger partial charge in [-0.05, 0) is 52.3 Å². The van der Waals surface area contributed by atoms with Crippen molar-refractivity contribution in [3.8, 4) is 0 Å². The summed E-state index contributed by atoms with van der Waals surface area (Å²) in [6, 6.07) is 8.56. The van der Waals surface area contributed by atoms with Crippen LogP contribution in [0.3, 0.4) is 0 Å². The average Bonchev–Trinajstić information content (AvgIpc) is 2.32. The van der Waals surface area contributed by atoms with Gasteiger partial charge in [-0.1, -0.05) is 23.2 Å². The second-order valence-electron chi connectivity index (χ2n) is 3.70. The van der Waals surface area contributed by atoms with Crippen LogP contribution >= 0.6 is 39.1 Å².